The van der Waals surface area contributed by atoms with Gasteiger partial charge in [0.25, 0.3) is 0 Å². The smallest absolute Gasteiger partial charge is 0.191 e. The van der Waals surface area contributed by atoms with Crippen molar-refractivity contribution in [2.45, 2.75) is 19.4 Å². The van der Waals surface area contributed by atoms with Gasteiger partial charge in [0.2, 0.25) is 0 Å². The van der Waals surface area contributed by atoms with Crippen molar-refractivity contribution in [1.29, 1.82) is 0 Å². The number of halogens is 1. The summed E-state index contributed by atoms with van der Waals surface area (Å²) >= 11 is 0. The highest BCUT2D eigenvalue weighted by molar-refractivity contribution is 5.79. The van der Waals surface area contributed by atoms with E-state index in [2.05, 4.69) is 20.6 Å². The fourth-order valence-corrected chi connectivity index (χ4v) is 3.02. The molecule has 2 heterocycles. The van der Waals surface area contributed by atoms with Gasteiger partial charge in [-0.15, -0.1) is 0 Å². The van der Waals surface area contributed by atoms with Gasteiger partial charge < -0.3 is 24.7 Å². The Bertz CT molecular complexity index is 745. The lowest BCUT2D eigenvalue weighted by atomic mass is 10.1. The van der Waals surface area contributed by atoms with E-state index >= 15 is 0 Å². The van der Waals surface area contributed by atoms with Crippen LogP contribution in [0.1, 0.15) is 18.4 Å². The number of hydrogen-bond acceptors (Lipinski definition) is 4. The van der Waals surface area contributed by atoms with Gasteiger partial charge in [0.15, 0.2) is 5.96 Å². The maximum Gasteiger partial charge on any atom is 0.191 e. The first-order chi connectivity index (χ1) is 13.8. The number of ether oxygens (including phenoxy) is 2. The van der Waals surface area contributed by atoms with E-state index in [1.54, 1.807) is 36.4 Å². The summed E-state index contributed by atoms with van der Waals surface area (Å²) in [6.45, 7) is 4.40. The fraction of sp³-hybridized carbons (Fsp3) is 0.500. The molecule has 1 aliphatic heterocycles. The Morgan fingerprint density at radius 3 is 3.07 bits per heavy atom. The lowest BCUT2D eigenvalue weighted by Gasteiger charge is -2.13. The molecule has 8 heteroatoms. The third-order valence-corrected chi connectivity index (χ3v) is 4.61. The van der Waals surface area contributed by atoms with Gasteiger partial charge in [-0.3, -0.25) is 4.99 Å². The SMILES string of the molecule is CN=C(NCCCOCC1CCOC1)NCc1ccc(-n2ccnc2)c(F)c1. The first-order valence-electron chi connectivity index (χ1n) is 9.63. The Balaban J connectivity index is 1.35. The zero-order valence-electron chi connectivity index (χ0n) is 16.2. The van der Waals surface area contributed by atoms with Crippen molar-refractivity contribution in [2.24, 2.45) is 10.9 Å². The molecule has 1 aliphatic rings. The van der Waals surface area contributed by atoms with Crippen molar-refractivity contribution in [3.8, 4) is 5.69 Å². The summed E-state index contributed by atoms with van der Waals surface area (Å²) in [5.74, 6) is 0.941. The van der Waals surface area contributed by atoms with Gasteiger partial charge in [0.05, 0.1) is 25.2 Å². The molecule has 1 aromatic heterocycles. The minimum atomic E-state index is -0.287. The van der Waals surface area contributed by atoms with E-state index in [9.17, 15) is 4.39 Å². The first kappa shape index (κ1) is 20.3. The van der Waals surface area contributed by atoms with Gasteiger partial charge in [0.1, 0.15) is 5.82 Å². The molecule has 2 aromatic rings. The molecule has 0 saturated carbocycles. The van der Waals surface area contributed by atoms with Crippen LogP contribution in [0.5, 0.6) is 0 Å². The van der Waals surface area contributed by atoms with E-state index in [4.69, 9.17) is 9.47 Å². The van der Waals surface area contributed by atoms with Crippen LogP contribution in [0.4, 0.5) is 4.39 Å². The third kappa shape index (κ3) is 6.03. The van der Waals surface area contributed by atoms with E-state index in [1.165, 1.54) is 6.07 Å². The second-order valence-corrected chi connectivity index (χ2v) is 6.77. The number of rotatable bonds is 9. The van der Waals surface area contributed by atoms with Crippen molar-refractivity contribution >= 4 is 5.96 Å². The second-order valence-electron chi connectivity index (χ2n) is 6.77. The van der Waals surface area contributed by atoms with E-state index < -0.39 is 0 Å². The largest absolute Gasteiger partial charge is 0.381 e. The van der Waals surface area contributed by atoms with Gasteiger partial charge in [-0.25, -0.2) is 9.37 Å². The maximum atomic E-state index is 14.3. The van der Waals surface area contributed by atoms with Crippen molar-refractivity contribution < 1.29 is 13.9 Å². The number of aromatic nitrogens is 2. The lowest BCUT2D eigenvalue weighted by molar-refractivity contribution is 0.0888. The number of benzene rings is 1. The Kier molecular flexibility index (Phi) is 7.81. The van der Waals surface area contributed by atoms with Crippen LogP contribution in [0.15, 0.2) is 41.9 Å². The highest BCUT2D eigenvalue weighted by atomic mass is 19.1. The average Bonchev–Trinajstić information content (AvgIpc) is 3.41. The van der Waals surface area contributed by atoms with Crippen LogP contribution in [0.3, 0.4) is 0 Å². The number of nitrogens with zero attached hydrogens (tertiary/aromatic N) is 3. The molecule has 0 bridgehead atoms. The van der Waals surface area contributed by atoms with Crippen molar-refractivity contribution in [3.05, 3.63) is 48.3 Å². The summed E-state index contributed by atoms with van der Waals surface area (Å²) in [4.78, 5) is 8.14. The molecule has 28 heavy (non-hydrogen) atoms. The molecule has 2 N–H and O–H groups in total. The summed E-state index contributed by atoms with van der Waals surface area (Å²) in [6.07, 6.45) is 6.90. The molecule has 152 valence electrons. The number of guanidine groups is 1. The molecule has 0 aliphatic carbocycles. The van der Waals surface area contributed by atoms with Crippen LogP contribution in [0.2, 0.25) is 0 Å². The van der Waals surface area contributed by atoms with Gasteiger partial charge in [-0.2, -0.15) is 0 Å². The first-order valence-corrected chi connectivity index (χ1v) is 9.63. The van der Waals surface area contributed by atoms with E-state index in [0.29, 0.717) is 30.7 Å². The molecule has 1 fully saturated rings. The standard InChI is InChI=1S/C20H28FN5O2/c1-22-20(24-6-2-9-27-13-17-5-10-28-14-17)25-12-16-3-4-19(18(21)11-16)26-8-7-23-15-26/h3-4,7-8,11,15,17H,2,5-6,9-10,12-14H2,1H3,(H2,22,24,25). The lowest BCUT2D eigenvalue weighted by Crippen LogP contribution is -2.37. The average molecular weight is 389 g/mol. The number of imidazole rings is 1. The zero-order chi connectivity index (χ0) is 19.6. The molecule has 0 amide bonds. The van der Waals surface area contributed by atoms with E-state index in [0.717, 1.165) is 44.8 Å². The van der Waals surface area contributed by atoms with E-state index in [-0.39, 0.29) is 5.82 Å². The van der Waals surface area contributed by atoms with Crippen molar-refractivity contribution in [3.63, 3.8) is 0 Å². The van der Waals surface area contributed by atoms with Crippen LogP contribution >= 0.6 is 0 Å². The zero-order valence-corrected chi connectivity index (χ0v) is 16.2. The van der Waals surface area contributed by atoms with Crippen LogP contribution in [0.25, 0.3) is 5.69 Å². The minimum Gasteiger partial charge on any atom is -0.381 e. The molecule has 1 unspecified atom stereocenters. The highest BCUT2D eigenvalue weighted by Gasteiger charge is 2.15. The normalized spacial score (nSPS) is 17.1. The van der Waals surface area contributed by atoms with Gasteiger partial charge >= 0.3 is 0 Å². The van der Waals surface area contributed by atoms with Crippen LogP contribution in [-0.4, -0.2) is 55.5 Å². The summed E-state index contributed by atoms with van der Waals surface area (Å²) in [6, 6.07) is 5.16. The highest BCUT2D eigenvalue weighted by Crippen LogP contribution is 2.15. The van der Waals surface area contributed by atoms with Crippen molar-refractivity contribution in [1.82, 2.24) is 20.2 Å². The summed E-state index contributed by atoms with van der Waals surface area (Å²) in [5, 5.41) is 6.44. The number of hydrogen-bond donors (Lipinski definition) is 2. The fourth-order valence-electron chi connectivity index (χ4n) is 3.02. The Morgan fingerprint density at radius 2 is 2.36 bits per heavy atom. The topological polar surface area (TPSA) is 72.7 Å². The Labute approximate surface area is 165 Å². The maximum absolute atomic E-state index is 14.3. The van der Waals surface area contributed by atoms with Gasteiger partial charge in [0, 0.05) is 51.7 Å². The predicted octanol–water partition coefficient (Wildman–Crippen LogP) is 2.12. The monoisotopic (exact) mass is 389 g/mol. The number of aliphatic imine (C=N–C) groups is 1. The molecule has 1 aromatic carbocycles. The minimum absolute atomic E-state index is 0.287. The van der Waals surface area contributed by atoms with E-state index in [1.807, 2.05) is 6.07 Å². The van der Waals surface area contributed by atoms with Crippen LogP contribution in [0, 0.1) is 11.7 Å². The molecular weight excluding hydrogens is 361 g/mol. The molecular formula is C20H28FN5O2. The second kappa shape index (κ2) is 10.8. The summed E-state index contributed by atoms with van der Waals surface area (Å²) < 4.78 is 27.0. The van der Waals surface area contributed by atoms with Crippen LogP contribution < -0.4 is 10.6 Å². The summed E-state index contributed by atoms with van der Waals surface area (Å²) in [7, 11) is 1.72. The predicted molar refractivity (Wildman–Crippen MR) is 106 cm³/mol. The Morgan fingerprint density at radius 1 is 1.43 bits per heavy atom. The Hall–Kier alpha value is -2.45. The van der Waals surface area contributed by atoms with Gasteiger partial charge in [-0.1, -0.05) is 6.07 Å². The third-order valence-electron chi connectivity index (χ3n) is 4.61. The quantitative estimate of drug-likeness (QED) is 0.390. The van der Waals surface area contributed by atoms with Crippen LogP contribution in [-0.2, 0) is 16.0 Å². The molecule has 0 radical (unpaired) electrons. The molecule has 7 nitrogen and oxygen atoms in total. The molecule has 0 spiro atoms. The molecule has 1 saturated heterocycles. The summed E-state index contributed by atoms with van der Waals surface area (Å²) in [5.41, 5.74) is 1.32. The van der Waals surface area contributed by atoms with Crippen molar-refractivity contribution in [2.75, 3.05) is 40.0 Å². The number of nitrogens with one attached hydrogen (secondary N) is 2. The molecule has 3 rings (SSSR count). The van der Waals surface area contributed by atoms with Gasteiger partial charge in [-0.05, 0) is 30.5 Å². The molecule has 1 atom stereocenters.